The van der Waals surface area contributed by atoms with Gasteiger partial charge in [0.2, 0.25) is 5.91 Å². The van der Waals surface area contributed by atoms with E-state index in [1.807, 2.05) is 28.0 Å². The smallest absolute Gasteiger partial charge is 0.246 e. The number of aliphatic hydroxyl groups excluding tert-OH is 1. The van der Waals surface area contributed by atoms with E-state index < -0.39 is 5.82 Å². The number of rotatable bonds is 9. The SMILES string of the molecule is O=C(C=CCN(CCO)Cc1ccco1)N1CCc2c(sc3ncnc(Nc4ccc(F)c(Cl)c4)c23)C1. The molecule has 1 aliphatic rings. The van der Waals surface area contributed by atoms with Gasteiger partial charge in [-0.1, -0.05) is 17.7 Å². The molecule has 4 aromatic rings. The summed E-state index contributed by atoms with van der Waals surface area (Å²) in [5, 5.41) is 13.5. The van der Waals surface area contributed by atoms with Gasteiger partial charge in [0.05, 0.1) is 36.4 Å². The van der Waals surface area contributed by atoms with Crippen LogP contribution in [-0.2, 0) is 24.3 Å². The number of nitrogens with zero attached hydrogens (tertiary/aromatic N) is 4. The molecule has 1 amide bonds. The Labute approximate surface area is 222 Å². The van der Waals surface area contributed by atoms with E-state index in [1.54, 1.807) is 29.7 Å². The Balaban J connectivity index is 1.27. The molecule has 0 unspecified atom stereocenters. The maximum Gasteiger partial charge on any atom is 0.246 e. The number of thiophene rings is 1. The largest absolute Gasteiger partial charge is 0.468 e. The van der Waals surface area contributed by atoms with Gasteiger partial charge < -0.3 is 19.7 Å². The fraction of sp³-hybridized carbons (Fsp3) is 0.269. The van der Waals surface area contributed by atoms with Gasteiger partial charge in [-0.25, -0.2) is 14.4 Å². The number of nitrogens with one attached hydrogen (secondary N) is 1. The molecule has 192 valence electrons. The lowest BCUT2D eigenvalue weighted by atomic mass is 10.0. The number of furan rings is 1. The van der Waals surface area contributed by atoms with Crippen LogP contribution in [0.2, 0.25) is 5.02 Å². The van der Waals surface area contributed by atoms with Crippen LogP contribution >= 0.6 is 22.9 Å². The summed E-state index contributed by atoms with van der Waals surface area (Å²) in [6.45, 7) is 2.65. The molecule has 2 N–H and O–H groups in total. The van der Waals surface area contributed by atoms with Gasteiger partial charge in [0, 0.05) is 36.3 Å². The summed E-state index contributed by atoms with van der Waals surface area (Å²) in [7, 11) is 0. The molecular formula is C26H25ClFN5O3S. The number of aromatic nitrogens is 2. The van der Waals surface area contributed by atoms with Gasteiger partial charge in [-0.05, 0) is 42.3 Å². The number of amides is 1. The average molecular weight is 542 g/mol. The summed E-state index contributed by atoms with van der Waals surface area (Å²) in [6, 6.07) is 8.15. The number of aliphatic hydroxyl groups is 1. The third-order valence-electron chi connectivity index (χ3n) is 6.13. The number of carbonyl (C=O) groups is 1. The van der Waals surface area contributed by atoms with Crippen molar-refractivity contribution in [3.8, 4) is 0 Å². The number of halogens is 2. The predicted octanol–water partition coefficient (Wildman–Crippen LogP) is 4.76. The third kappa shape index (κ3) is 5.83. The van der Waals surface area contributed by atoms with Crippen molar-refractivity contribution in [2.45, 2.75) is 19.5 Å². The maximum absolute atomic E-state index is 13.6. The van der Waals surface area contributed by atoms with Crippen LogP contribution in [0, 0.1) is 5.82 Å². The standard InChI is InChI=1S/C26H25ClFN5O3S/c27-20-13-17(5-6-21(20)28)31-25-24-19-7-9-33(15-22(19)37-26(24)30-16-29-25)23(35)4-1-8-32(10-11-34)14-18-3-2-12-36-18/h1-6,12-13,16,34H,7-11,14-15H2,(H,29,30,31). The molecule has 8 nitrogen and oxygen atoms in total. The average Bonchev–Trinajstić information content (AvgIpc) is 3.53. The molecule has 1 aromatic carbocycles. The van der Waals surface area contributed by atoms with Crippen LogP contribution in [0.15, 0.2) is 59.5 Å². The molecule has 11 heteroatoms. The third-order valence-corrected chi connectivity index (χ3v) is 7.55. The van der Waals surface area contributed by atoms with Crippen molar-refractivity contribution in [2.24, 2.45) is 0 Å². The highest BCUT2D eigenvalue weighted by Crippen LogP contribution is 2.38. The number of carbonyl (C=O) groups excluding carboxylic acids is 1. The van der Waals surface area contributed by atoms with Crippen molar-refractivity contribution >= 4 is 50.6 Å². The van der Waals surface area contributed by atoms with E-state index in [-0.39, 0.29) is 17.5 Å². The minimum Gasteiger partial charge on any atom is -0.468 e. The molecule has 1 aliphatic heterocycles. The van der Waals surface area contributed by atoms with Crippen molar-refractivity contribution < 1.29 is 18.7 Å². The second-order valence-electron chi connectivity index (χ2n) is 8.61. The Hall–Kier alpha value is -3.31. The van der Waals surface area contributed by atoms with Crippen LogP contribution in [0.3, 0.4) is 0 Å². The second kappa shape index (κ2) is 11.4. The molecule has 0 spiro atoms. The Morgan fingerprint density at radius 3 is 3.03 bits per heavy atom. The number of anilines is 2. The van der Waals surface area contributed by atoms with Crippen molar-refractivity contribution in [3.05, 3.63) is 82.1 Å². The second-order valence-corrected chi connectivity index (χ2v) is 10.1. The first kappa shape index (κ1) is 25.3. The first-order valence-corrected chi connectivity index (χ1v) is 13.0. The number of benzene rings is 1. The highest BCUT2D eigenvalue weighted by atomic mass is 35.5. The molecule has 0 saturated carbocycles. The Morgan fingerprint density at radius 1 is 1.35 bits per heavy atom. The summed E-state index contributed by atoms with van der Waals surface area (Å²) in [5.74, 6) is 0.896. The monoisotopic (exact) mass is 541 g/mol. The fourth-order valence-corrected chi connectivity index (χ4v) is 5.71. The molecule has 0 saturated heterocycles. The van der Waals surface area contributed by atoms with E-state index >= 15 is 0 Å². The van der Waals surface area contributed by atoms with Crippen molar-refractivity contribution in [1.29, 1.82) is 0 Å². The normalized spacial score (nSPS) is 13.6. The van der Waals surface area contributed by atoms with Crippen LogP contribution in [0.4, 0.5) is 15.9 Å². The van der Waals surface area contributed by atoms with E-state index in [9.17, 15) is 14.3 Å². The summed E-state index contributed by atoms with van der Waals surface area (Å²) >= 11 is 7.48. The van der Waals surface area contributed by atoms with Crippen LogP contribution in [0.5, 0.6) is 0 Å². The van der Waals surface area contributed by atoms with Crippen LogP contribution in [0.1, 0.15) is 16.2 Å². The molecule has 5 rings (SSSR count). The lowest BCUT2D eigenvalue weighted by molar-refractivity contribution is -0.126. The highest BCUT2D eigenvalue weighted by molar-refractivity contribution is 7.19. The molecule has 0 radical (unpaired) electrons. The lowest BCUT2D eigenvalue weighted by Crippen LogP contribution is -2.34. The van der Waals surface area contributed by atoms with Crippen molar-refractivity contribution in [2.75, 3.05) is 31.6 Å². The quantitative estimate of drug-likeness (QED) is 0.295. The number of hydrogen-bond acceptors (Lipinski definition) is 8. The van der Waals surface area contributed by atoms with Gasteiger partial charge in [0.1, 0.15) is 28.6 Å². The van der Waals surface area contributed by atoms with Crippen molar-refractivity contribution in [3.63, 3.8) is 0 Å². The molecule has 0 bridgehead atoms. The number of hydrogen-bond donors (Lipinski definition) is 2. The van der Waals surface area contributed by atoms with Crippen LogP contribution < -0.4 is 5.32 Å². The molecule has 0 aliphatic carbocycles. The highest BCUT2D eigenvalue weighted by Gasteiger charge is 2.25. The van der Waals surface area contributed by atoms with Gasteiger partial charge in [-0.2, -0.15) is 0 Å². The van der Waals surface area contributed by atoms with Crippen LogP contribution in [-0.4, -0.2) is 57.0 Å². The maximum atomic E-state index is 13.6. The zero-order valence-corrected chi connectivity index (χ0v) is 21.4. The van der Waals surface area contributed by atoms with Crippen LogP contribution in [0.25, 0.3) is 10.2 Å². The topological polar surface area (TPSA) is 94.7 Å². The van der Waals surface area contributed by atoms with Gasteiger partial charge in [-0.3, -0.25) is 9.69 Å². The van der Waals surface area contributed by atoms with E-state index in [1.165, 1.54) is 18.5 Å². The van der Waals surface area contributed by atoms with E-state index in [0.717, 1.165) is 26.4 Å². The number of fused-ring (bicyclic) bond motifs is 3. The molecule has 4 heterocycles. The Morgan fingerprint density at radius 2 is 2.24 bits per heavy atom. The summed E-state index contributed by atoms with van der Waals surface area (Å²) in [6.07, 6.45) is 7.20. The predicted molar refractivity (Wildman–Crippen MR) is 141 cm³/mol. The van der Waals surface area contributed by atoms with E-state index in [0.29, 0.717) is 50.6 Å². The zero-order valence-electron chi connectivity index (χ0n) is 19.9. The molecule has 3 aromatic heterocycles. The van der Waals surface area contributed by atoms with Gasteiger partial charge >= 0.3 is 0 Å². The summed E-state index contributed by atoms with van der Waals surface area (Å²) in [5.41, 5.74) is 1.75. The summed E-state index contributed by atoms with van der Waals surface area (Å²) < 4.78 is 18.9. The summed E-state index contributed by atoms with van der Waals surface area (Å²) in [4.78, 5) is 27.5. The van der Waals surface area contributed by atoms with Gasteiger partial charge in [0.15, 0.2) is 0 Å². The van der Waals surface area contributed by atoms with E-state index in [4.69, 9.17) is 16.0 Å². The molecular weight excluding hydrogens is 517 g/mol. The first-order chi connectivity index (χ1) is 18.0. The first-order valence-electron chi connectivity index (χ1n) is 11.8. The lowest BCUT2D eigenvalue weighted by Gasteiger charge is -2.26. The van der Waals surface area contributed by atoms with Crippen molar-refractivity contribution in [1.82, 2.24) is 19.8 Å². The molecule has 37 heavy (non-hydrogen) atoms. The van der Waals surface area contributed by atoms with Gasteiger partial charge in [-0.15, -0.1) is 11.3 Å². The van der Waals surface area contributed by atoms with Gasteiger partial charge in [0.25, 0.3) is 0 Å². The zero-order chi connectivity index (χ0) is 25.8. The Bertz CT molecular complexity index is 1430. The fourth-order valence-electron chi connectivity index (χ4n) is 4.33. The molecule has 0 atom stereocenters. The minimum absolute atomic E-state index is 0.0251. The Kier molecular flexibility index (Phi) is 7.80. The minimum atomic E-state index is -0.481. The molecule has 0 fully saturated rings. The van der Waals surface area contributed by atoms with E-state index in [2.05, 4.69) is 15.3 Å².